The number of piperidine rings is 1. The van der Waals surface area contributed by atoms with Crippen LogP contribution in [0.5, 0.6) is 0 Å². The average Bonchev–Trinajstić information content (AvgIpc) is 2.76. The van der Waals surface area contributed by atoms with Gasteiger partial charge in [0.1, 0.15) is 11.2 Å². The third kappa shape index (κ3) is 2.60. The fraction of sp³-hybridized carbons (Fsp3) is 0.571. The smallest absolute Gasteiger partial charge is 0.329 e. The van der Waals surface area contributed by atoms with E-state index in [1.807, 2.05) is 12.1 Å². The molecule has 1 aromatic rings. The molecule has 2 fully saturated rings. The van der Waals surface area contributed by atoms with Crippen LogP contribution in [-0.4, -0.2) is 34.8 Å². The van der Waals surface area contributed by atoms with Crippen LogP contribution < -0.4 is 5.32 Å². The standard InChI is InChI=1S/C14H17BrN2O3/c15-13-11(2-1-5-16-13)14(20-8-12(18)19)6-9-3-4-10(7-14)17-9/h1-2,5,9-10,17H,3-4,6-8H2,(H,18,19). The van der Waals surface area contributed by atoms with Crippen LogP contribution in [0.2, 0.25) is 0 Å². The van der Waals surface area contributed by atoms with Gasteiger partial charge >= 0.3 is 5.97 Å². The van der Waals surface area contributed by atoms with Gasteiger partial charge in [0.2, 0.25) is 0 Å². The molecule has 0 amide bonds. The van der Waals surface area contributed by atoms with Gasteiger partial charge in [-0.3, -0.25) is 0 Å². The first-order valence-corrected chi connectivity index (χ1v) is 7.61. The maximum atomic E-state index is 10.9. The summed E-state index contributed by atoms with van der Waals surface area (Å²) < 4.78 is 6.61. The number of halogens is 1. The highest BCUT2D eigenvalue weighted by Gasteiger charge is 2.47. The summed E-state index contributed by atoms with van der Waals surface area (Å²) in [6.07, 6.45) is 5.55. The quantitative estimate of drug-likeness (QED) is 0.821. The van der Waals surface area contributed by atoms with Gasteiger partial charge in [-0.2, -0.15) is 0 Å². The van der Waals surface area contributed by atoms with E-state index in [1.165, 1.54) is 0 Å². The van der Waals surface area contributed by atoms with E-state index >= 15 is 0 Å². The summed E-state index contributed by atoms with van der Waals surface area (Å²) in [6, 6.07) is 4.64. The minimum atomic E-state index is -0.935. The van der Waals surface area contributed by atoms with E-state index < -0.39 is 11.6 Å². The Labute approximate surface area is 125 Å². The van der Waals surface area contributed by atoms with Gasteiger partial charge in [0.15, 0.2) is 0 Å². The molecule has 2 aliphatic heterocycles. The second kappa shape index (κ2) is 5.42. The minimum Gasteiger partial charge on any atom is -0.480 e. The lowest BCUT2D eigenvalue weighted by Crippen LogP contribution is -2.49. The van der Waals surface area contributed by atoms with Crippen molar-refractivity contribution in [3.63, 3.8) is 0 Å². The van der Waals surface area contributed by atoms with Crippen LogP contribution >= 0.6 is 15.9 Å². The third-order valence-corrected chi connectivity index (χ3v) is 4.84. The number of aliphatic carboxylic acids is 1. The second-order valence-electron chi connectivity index (χ2n) is 5.56. The zero-order valence-corrected chi connectivity index (χ0v) is 12.6. The van der Waals surface area contributed by atoms with E-state index in [2.05, 4.69) is 26.2 Å². The Bertz CT molecular complexity index is 511. The van der Waals surface area contributed by atoms with Gasteiger partial charge in [-0.25, -0.2) is 9.78 Å². The SMILES string of the molecule is O=C(O)COC1(c2cccnc2Br)CC2CCC(C1)N2. The average molecular weight is 341 g/mol. The third-order valence-electron chi connectivity index (χ3n) is 4.21. The molecular weight excluding hydrogens is 324 g/mol. The van der Waals surface area contributed by atoms with Crippen LogP contribution in [0.3, 0.4) is 0 Å². The number of carbonyl (C=O) groups is 1. The molecule has 2 aliphatic rings. The minimum absolute atomic E-state index is 0.277. The molecule has 0 radical (unpaired) electrons. The van der Waals surface area contributed by atoms with Crippen molar-refractivity contribution in [1.82, 2.24) is 10.3 Å². The molecule has 3 rings (SSSR count). The Morgan fingerprint density at radius 2 is 2.20 bits per heavy atom. The number of aromatic nitrogens is 1. The fourth-order valence-corrected chi connectivity index (χ4v) is 4.06. The lowest BCUT2D eigenvalue weighted by atomic mass is 9.82. The Hall–Kier alpha value is -0.980. The van der Waals surface area contributed by atoms with E-state index in [0.29, 0.717) is 12.1 Å². The normalized spacial score (nSPS) is 32.2. The van der Waals surface area contributed by atoms with Crippen LogP contribution in [0.15, 0.2) is 22.9 Å². The van der Waals surface area contributed by atoms with Crippen LogP contribution in [0.4, 0.5) is 0 Å². The molecule has 2 N–H and O–H groups in total. The monoisotopic (exact) mass is 340 g/mol. The molecule has 108 valence electrons. The maximum absolute atomic E-state index is 10.9. The van der Waals surface area contributed by atoms with Crippen molar-refractivity contribution in [2.45, 2.75) is 43.4 Å². The first-order valence-electron chi connectivity index (χ1n) is 6.82. The highest BCUT2D eigenvalue weighted by molar-refractivity contribution is 9.10. The van der Waals surface area contributed by atoms with E-state index in [-0.39, 0.29) is 6.61 Å². The number of ether oxygens (including phenoxy) is 1. The predicted octanol–water partition coefficient (Wildman–Crippen LogP) is 2.06. The summed E-state index contributed by atoms with van der Waals surface area (Å²) >= 11 is 3.48. The first kappa shape index (κ1) is 14.0. The molecule has 2 bridgehead atoms. The van der Waals surface area contributed by atoms with Gasteiger partial charge in [0.25, 0.3) is 0 Å². The van der Waals surface area contributed by atoms with Crippen LogP contribution in [0, 0.1) is 0 Å². The molecule has 2 saturated heterocycles. The van der Waals surface area contributed by atoms with Crippen molar-refractivity contribution in [3.05, 3.63) is 28.5 Å². The van der Waals surface area contributed by atoms with E-state index in [9.17, 15) is 4.79 Å². The molecule has 0 aromatic carbocycles. The molecule has 20 heavy (non-hydrogen) atoms. The van der Waals surface area contributed by atoms with Crippen molar-refractivity contribution in [3.8, 4) is 0 Å². The van der Waals surface area contributed by atoms with Crippen molar-refractivity contribution < 1.29 is 14.6 Å². The highest BCUT2D eigenvalue weighted by Crippen LogP contribution is 2.45. The maximum Gasteiger partial charge on any atom is 0.329 e. The summed E-state index contributed by atoms with van der Waals surface area (Å²) in [5.41, 5.74) is 0.405. The molecule has 5 nitrogen and oxygen atoms in total. The van der Waals surface area contributed by atoms with Crippen molar-refractivity contribution in [1.29, 1.82) is 0 Å². The van der Waals surface area contributed by atoms with Crippen LogP contribution in [0.25, 0.3) is 0 Å². The first-order chi connectivity index (χ1) is 9.59. The van der Waals surface area contributed by atoms with Gasteiger partial charge in [-0.05, 0) is 47.7 Å². The molecule has 3 heterocycles. The van der Waals surface area contributed by atoms with Crippen LogP contribution in [-0.2, 0) is 15.1 Å². The van der Waals surface area contributed by atoms with Gasteiger partial charge < -0.3 is 15.2 Å². The number of pyridine rings is 1. The van der Waals surface area contributed by atoms with Crippen molar-refractivity contribution in [2.75, 3.05) is 6.61 Å². The number of hydrogen-bond donors (Lipinski definition) is 2. The number of nitrogens with one attached hydrogen (secondary N) is 1. The molecule has 2 atom stereocenters. The molecule has 0 aliphatic carbocycles. The Morgan fingerprint density at radius 1 is 1.50 bits per heavy atom. The van der Waals surface area contributed by atoms with E-state index in [4.69, 9.17) is 9.84 Å². The topological polar surface area (TPSA) is 71.5 Å². The number of nitrogens with zero attached hydrogens (tertiary/aromatic N) is 1. The molecule has 0 spiro atoms. The van der Waals surface area contributed by atoms with Gasteiger partial charge in [0, 0.05) is 23.8 Å². The molecule has 2 unspecified atom stereocenters. The van der Waals surface area contributed by atoms with Crippen LogP contribution in [0.1, 0.15) is 31.2 Å². The predicted molar refractivity (Wildman–Crippen MR) is 76.4 cm³/mol. The molecular formula is C14H17BrN2O3. The fourth-order valence-electron chi connectivity index (χ4n) is 3.45. The van der Waals surface area contributed by atoms with Gasteiger partial charge in [0.05, 0.1) is 5.60 Å². The number of hydrogen-bond acceptors (Lipinski definition) is 4. The summed E-state index contributed by atoms with van der Waals surface area (Å²) in [6.45, 7) is -0.277. The summed E-state index contributed by atoms with van der Waals surface area (Å²) in [4.78, 5) is 15.2. The number of carboxylic acids is 1. The Balaban J connectivity index is 1.95. The highest BCUT2D eigenvalue weighted by atomic mass is 79.9. The summed E-state index contributed by atoms with van der Waals surface area (Å²) in [5, 5.41) is 12.5. The lowest BCUT2D eigenvalue weighted by Gasteiger charge is -2.41. The number of fused-ring (bicyclic) bond motifs is 2. The van der Waals surface area contributed by atoms with Crippen molar-refractivity contribution in [2.24, 2.45) is 0 Å². The number of rotatable bonds is 4. The molecule has 0 saturated carbocycles. The summed E-state index contributed by atoms with van der Waals surface area (Å²) in [5.74, 6) is -0.935. The Kier molecular flexibility index (Phi) is 3.79. The molecule has 6 heteroatoms. The molecule has 1 aromatic heterocycles. The Morgan fingerprint density at radius 3 is 2.80 bits per heavy atom. The van der Waals surface area contributed by atoms with Gasteiger partial charge in [-0.15, -0.1) is 0 Å². The van der Waals surface area contributed by atoms with E-state index in [1.54, 1.807) is 6.20 Å². The second-order valence-corrected chi connectivity index (χ2v) is 6.32. The zero-order valence-electron chi connectivity index (χ0n) is 11.0. The zero-order chi connectivity index (χ0) is 14.2. The number of carboxylic acid groups (broad SMARTS) is 1. The summed E-state index contributed by atoms with van der Waals surface area (Å²) in [7, 11) is 0. The largest absolute Gasteiger partial charge is 0.480 e. The van der Waals surface area contributed by atoms with Crippen molar-refractivity contribution >= 4 is 21.9 Å². The lowest BCUT2D eigenvalue weighted by molar-refractivity contribution is -0.154. The van der Waals surface area contributed by atoms with E-state index in [0.717, 1.165) is 35.8 Å². The van der Waals surface area contributed by atoms with Gasteiger partial charge in [-0.1, -0.05) is 6.07 Å².